The highest BCUT2D eigenvalue weighted by Gasteiger charge is 2.12. The van der Waals surface area contributed by atoms with Gasteiger partial charge in [0.05, 0.1) is 24.8 Å². The monoisotopic (exact) mass is 404 g/mol. The van der Waals surface area contributed by atoms with E-state index in [1.807, 2.05) is 0 Å². The Bertz CT molecular complexity index is 852. The van der Waals surface area contributed by atoms with Crippen molar-refractivity contribution in [2.24, 2.45) is 0 Å². The zero-order valence-corrected chi connectivity index (χ0v) is 16.3. The second-order valence-electron chi connectivity index (χ2n) is 5.82. The molecule has 2 N–H and O–H groups in total. The highest BCUT2D eigenvalue weighted by molar-refractivity contribution is 6.33. The van der Waals surface area contributed by atoms with E-state index >= 15 is 0 Å². The number of ether oxygens (including phenoxy) is 2. The van der Waals surface area contributed by atoms with Gasteiger partial charge in [-0.1, -0.05) is 11.6 Å². The maximum Gasteiger partial charge on any atom is 0.339 e. The van der Waals surface area contributed by atoms with E-state index in [1.54, 1.807) is 37.4 Å². The lowest BCUT2D eigenvalue weighted by atomic mass is 10.2. The van der Waals surface area contributed by atoms with Crippen molar-refractivity contribution in [1.29, 1.82) is 0 Å². The number of hydrogen-bond acceptors (Lipinski definition) is 5. The third kappa shape index (κ3) is 5.99. The molecule has 0 aliphatic rings. The zero-order chi connectivity index (χ0) is 20.5. The van der Waals surface area contributed by atoms with Crippen LogP contribution in [-0.4, -0.2) is 38.5 Å². The topological polar surface area (TPSA) is 93.7 Å². The van der Waals surface area contributed by atoms with Crippen molar-refractivity contribution in [2.75, 3.05) is 26.1 Å². The Hall–Kier alpha value is -3.06. The van der Waals surface area contributed by atoms with Crippen LogP contribution in [0.25, 0.3) is 0 Å². The van der Waals surface area contributed by atoms with Crippen molar-refractivity contribution >= 4 is 35.1 Å². The normalized spacial score (nSPS) is 10.1. The SMILES string of the molecule is COC(=O)c1cc(NC(=O)CCCNC(=O)c2ccc(OC)cc2)ccc1Cl. The van der Waals surface area contributed by atoms with E-state index < -0.39 is 5.97 Å². The summed E-state index contributed by atoms with van der Waals surface area (Å²) in [5.74, 6) is -0.367. The number of benzene rings is 2. The Morgan fingerprint density at radius 3 is 2.39 bits per heavy atom. The molecule has 0 aliphatic heterocycles. The van der Waals surface area contributed by atoms with Gasteiger partial charge in [-0.05, 0) is 48.9 Å². The summed E-state index contributed by atoms with van der Waals surface area (Å²) in [6.07, 6.45) is 0.671. The van der Waals surface area contributed by atoms with E-state index in [4.69, 9.17) is 16.3 Å². The molecule has 0 heterocycles. The third-order valence-electron chi connectivity index (χ3n) is 3.87. The molecule has 0 saturated carbocycles. The molecular weight excluding hydrogens is 384 g/mol. The molecule has 0 spiro atoms. The van der Waals surface area contributed by atoms with E-state index in [9.17, 15) is 14.4 Å². The van der Waals surface area contributed by atoms with Crippen LogP contribution in [0.1, 0.15) is 33.6 Å². The first-order chi connectivity index (χ1) is 13.4. The summed E-state index contributed by atoms with van der Waals surface area (Å²) in [4.78, 5) is 35.7. The van der Waals surface area contributed by atoms with Crippen LogP contribution in [0.5, 0.6) is 5.75 Å². The second-order valence-corrected chi connectivity index (χ2v) is 6.23. The minimum absolute atomic E-state index is 0.175. The van der Waals surface area contributed by atoms with Gasteiger partial charge in [0, 0.05) is 24.2 Å². The number of rotatable bonds is 8. The minimum Gasteiger partial charge on any atom is -0.497 e. The smallest absolute Gasteiger partial charge is 0.339 e. The predicted octanol–water partition coefficient (Wildman–Crippen LogP) is 3.28. The maximum absolute atomic E-state index is 12.0. The molecule has 0 atom stereocenters. The quantitative estimate of drug-likeness (QED) is 0.520. The summed E-state index contributed by atoms with van der Waals surface area (Å²) in [6.45, 7) is 0.353. The fraction of sp³-hybridized carbons (Fsp3) is 0.250. The van der Waals surface area contributed by atoms with Crippen LogP contribution < -0.4 is 15.4 Å². The Labute approximate surface area is 168 Å². The number of esters is 1. The fourth-order valence-electron chi connectivity index (χ4n) is 2.39. The van der Waals surface area contributed by atoms with E-state index in [0.29, 0.717) is 30.0 Å². The van der Waals surface area contributed by atoms with Crippen molar-refractivity contribution in [2.45, 2.75) is 12.8 Å². The molecule has 7 nitrogen and oxygen atoms in total. The summed E-state index contributed by atoms with van der Waals surface area (Å²) >= 11 is 5.95. The van der Waals surface area contributed by atoms with E-state index in [1.165, 1.54) is 19.2 Å². The predicted molar refractivity (Wildman–Crippen MR) is 106 cm³/mol. The Kier molecular flexibility index (Phi) is 7.83. The van der Waals surface area contributed by atoms with Gasteiger partial charge in [-0.3, -0.25) is 9.59 Å². The highest BCUT2D eigenvalue weighted by atomic mass is 35.5. The first-order valence-electron chi connectivity index (χ1n) is 8.54. The number of methoxy groups -OCH3 is 2. The van der Waals surface area contributed by atoms with Gasteiger partial charge in [0.15, 0.2) is 0 Å². The lowest BCUT2D eigenvalue weighted by molar-refractivity contribution is -0.116. The van der Waals surface area contributed by atoms with Crippen LogP contribution in [0.15, 0.2) is 42.5 Å². The molecule has 2 amide bonds. The van der Waals surface area contributed by atoms with Gasteiger partial charge in [-0.2, -0.15) is 0 Å². The van der Waals surface area contributed by atoms with Crippen LogP contribution in [0, 0.1) is 0 Å². The lowest BCUT2D eigenvalue weighted by Crippen LogP contribution is -2.25. The van der Waals surface area contributed by atoms with Crippen molar-refractivity contribution in [3.63, 3.8) is 0 Å². The molecule has 2 aromatic rings. The van der Waals surface area contributed by atoms with E-state index in [2.05, 4.69) is 15.4 Å². The van der Waals surface area contributed by atoms with Gasteiger partial charge >= 0.3 is 5.97 Å². The van der Waals surface area contributed by atoms with E-state index in [0.717, 1.165) is 0 Å². The zero-order valence-electron chi connectivity index (χ0n) is 15.6. The average molecular weight is 405 g/mol. The summed E-state index contributed by atoms with van der Waals surface area (Å²) < 4.78 is 9.69. The molecule has 0 bridgehead atoms. The standard InChI is InChI=1S/C20H21ClN2O5/c1-27-15-8-5-13(6-9-15)19(25)22-11-3-4-18(24)23-14-7-10-17(21)16(12-14)20(26)28-2/h5-10,12H,3-4,11H2,1-2H3,(H,22,25)(H,23,24). The highest BCUT2D eigenvalue weighted by Crippen LogP contribution is 2.21. The minimum atomic E-state index is -0.581. The van der Waals surface area contributed by atoms with Crippen molar-refractivity contribution in [3.05, 3.63) is 58.6 Å². The summed E-state index contributed by atoms with van der Waals surface area (Å²) in [7, 11) is 2.81. The summed E-state index contributed by atoms with van der Waals surface area (Å²) in [5, 5.41) is 5.69. The summed E-state index contributed by atoms with van der Waals surface area (Å²) in [6, 6.07) is 11.3. The number of carbonyl (C=O) groups excluding carboxylic acids is 3. The average Bonchev–Trinajstić information content (AvgIpc) is 2.72. The molecular formula is C20H21ClN2O5. The molecule has 28 heavy (non-hydrogen) atoms. The fourth-order valence-corrected chi connectivity index (χ4v) is 2.58. The third-order valence-corrected chi connectivity index (χ3v) is 4.20. The molecule has 0 aromatic heterocycles. The van der Waals surface area contributed by atoms with Crippen molar-refractivity contribution < 1.29 is 23.9 Å². The van der Waals surface area contributed by atoms with Gasteiger partial charge in [-0.25, -0.2) is 4.79 Å². The molecule has 148 valence electrons. The van der Waals surface area contributed by atoms with Gasteiger partial charge in [0.2, 0.25) is 5.91 Å². The summed E-state index contributed by atoms with van der Waals surface area (Å²) in [5.41, 5.74) is 1.13. The first kappa shape index (κ1) is 21.2. The van der Waals surface area contributed by atoms with Gasteiger partial charge in [0.1, 0.15) is 5.75 Å². The first-order valence-corrected chi connectivity index (χ1v) is 8.92. The van der Waals surface area contributed by atoms with Crippen LogP contribution >= 0.6 is 11.6 Å². The Morgan fingerprint density at radius 1 is 1.04 bits per heavy atom. The number of hydrogen-bond donors (Lipinski definition) is 2. The van der Waals surface area contributed by atoms with Crippen molar-refractivity contribution in [1.82, 2.24) is 5.32 Å². The Balaban J connectivity index is 1.78. The van der Waals surface area contributed by atoms with Crippen LogP contribution in [0.2, 0.25) is 5.02 Å². The second kappa shape index (κ2) is 10.3. The molecule has 0 radical (unpaired) electrons. The van der Waals surface area contributed by atoms with Crippen molar-refractivity contribution in [3.8, 4) is 5.75 Å². The number of anilines is 1. The molecule has 0 aliphatic carbocycles. The largest absolute Gasteiger partial charge is 0.497 e. The van der Waals surface area contributed by atoms with Crippen LogP contribution in [-0.2, 0) is 9.53 Å². The molecule has 0 saturated heterocycles. The molecule has 8 heteroatoms. The number of carbonyl (C=O) groups is 3. The molecule has 0 unspecified atom stereocenters. The maximum atomic E-state index is 12.0. The number of nitrogens with one attached hydrogen (secondary N) is 2. The number of halogens is 1. The van der Waals surface area contributed by atoms with E-state index in [-0.39, 0.29) is 28.8 Å². The number of amides is 2. The van der Waals surface area contributed by atoms with Gasteiger partial charge in [0.25, 0.3) is 5.91 Å². The van der Waals surface area contributed by atoms with Crippen LogP contribution in [0.3, 0.4) is 0 Å². The molecule has 2 aromatic carbocycles. The lowest BCUT2D eigenvalue weighted by Gasteiger charge is -2.09. The Morgan fingerprint density at radius 2 is 1.75 bits per heavy atom. The molecule has 2 rings (SSSR count). The van der Waals surface area contributed by atoms with Gasteiger partial charge in [-0.15, -0.1) is 0 Å². The van der Waals surface area contributed by atoms with Gasteiger partial charge < -0.3 is 20.1 Å². The molecule has 0 fully saturated rings. The van der Waals surface area contributed by atoms with Crippen LogP contribution in [0.4, 0.5) is 5.69 Å².